The van der Waals surface area contributed by atoms with Gasteiger partial charge >= 0.3 is 0 Å². The van der Waals surface area contributed by atoms with E-state index in [2.05, 4.69) is 20.6 Å². The third-order valence-corrected chi connectivity index (χ3v) is 4.37. The van der Waals surface area contributed by atoms with Crippen molar-refractivity contribution in [1.29, 1.82) is 0 Å². The number of benzene rings is 2. The first-order valence-corrected chi connectivity index (χ1v) is 8.89. The molecule has 146 valence electrons. The minimum absolute atomic E-state index is 0.0816. The van der Waals surface area contributed by atoms with Gasteiger partial charge in [0.1, 0.15) is 18.7 Å². The van der Waals surface area contributed by atoms with Crippen LogP contribution in [0.1, 0.15) is 11.1 Å². The van der Waals surface area contributed by atoms with E-state index < -0.39 is 17.3 Å². The quantitative estimate of drug-likeness (QED) is 0.561. The van der Waals surface area contributed by atoms with Crippen LogP contribution in [-0.2, 0) is 17.9 Å². The maximum absolute atomic E-state index is 13.2. The van der Waals surface area contributed by atoms with Crippen molar-refractivity contribution in [2.24, 2.45) is 0 Å². The molecule has 8 nitrogen and oxygen atoms in total. The summed E-state index contributed by atoms with van der Waals surface area (Å²) in [5.74, 6) is -0.945. The Kier molecular flexibility index (Phi) is 4.86. The number of nitrogens with one attached hydrogen (secondary N) is 1. The number of fused-ring (bicyclic) bond motifs is 1. The Bertz CT molecular complexity index is 1250. The molecule has 0 radical (unpaired) electrons. The molecule has 0 saturated heterocycles. The van der Waals surface area contributed by atoms with Gasteiger partial charge in [-0.05, 0) is 30.7 Å². The van der Waals surface area contributed by atoms with Crippen molar-refractivity contribution in [3.8, 4) is 0 Å². The third-order valence-electron chi connectivity index (χ3n) is 4.37. The molecule has 9 heteroatoms. The van der Waals surface area contributed by atoms with Crippen LogP contribution in [0.5, 0.6) is 0 Å². The summed E-state index contributed by atoms with van der Waals surface area (Å²) in [6, 6.07) is 13.4. The van der Waals surface area contributed by atoms with Crippen LogP contribution in [0.2, 0.25) is 0 Å². The molecule has 0 aliphatic heterocycles. The fraction of sp³-hybridized carbons (Fsp3) is 0.150. The van der Waals surface area contributed by atoms with Crippen LogP contribution in [0.3, 0.4) is 0 Å². The molecular formula is C20H17FN6O2. The maximum Gasteiger partial charge on any atom is 0.283 e. The largest absolute Gasteiger partial charge is 0.324 e. The number of nitrogens with zero attached hydrogens (tertiary/aromatic N) is 5. The van der Waals surface area contributed by atoms with Crippen LogP contribution in [0.15, 0.2) is 59.7 Å². The number of hydrogen-bond acceptors (Lipinski definition) is 5. The smallest absolute Gasteiger partial charge is 0.283 e. The van der Waals surface area contributed by atoms with Crippen LogP contribution >= 0.6 is 0 Å². The average molecular weight is 392 g/mol. The second-order valence-electron chi connectivity index (χ2n) is 6.64. The van der Waals surface area contributed by atoms with Crippen molar-refractivity contribution in [1.82, 2.24) is 24.5 Å². The van der Waals surface area contributed by atoms with Gasteiger partial charge in [-0.2, -0.15) is 0 Å². The predicted octanol–water partition coefficient (Wildman–Crippen LogP) is 2.12. The normalized spacial score (nSPS) is 11.0. The van der Waals surface area contributed by atoms with Crippen molar-refractivity contribution in [2.75, 3.05) is 5.32 Å². The molecule has 4 aromatic rings. The topological polar surface area (TPSA) is 94.7 Å². The highest BCUT2D eigenvalue weighted by atomic mass is 19.1. The van der Waals surface area contributed by atoms with Crippen molar-refractivity contribution in [2.45, 2.75) is 20.0 Å². The Morgan fingerprint density at radius 2 is 1.97 bits per heavy atom. The van der Waals surface area contributed by atoms with E-state index in [-0.39, 0.29) is 12.1 Å². The fourth-order valence-corrected chi connectivity index (χ4v) is 2.89. The first kappa shape index (κ1) is 18.5. The monoisotopic (exact) mass is 392 g/mol. The minimum Gasteiger partial charge on any atom is -0.324 e. The van der Waals surface area contributed by atoms with Crippen LogP contribution in [0.25, 0.3) is 11.2 Å². The van der Waals surface area contributed by atoms with E-state index in [4.69, 9.17) is 0 Å². The summed E-state index contributed by atoms with van der Waals surface area (Å²) in [4.78, 5) is 29.1. The minimum atomic E-state index is -0.481. The zero-order valence-corrected chi connectivity index (χ0v) is 15.5. The Labute approximate surface area is 164 Å². The molecule has 0 unspecified atom stereocenters. The standard InChI is InChI=1S/C20H17FN6O2/c1-13-5-7-14(8-6-13)10-27-19-18(24-25-27)20(29)26(12-22-19)11-17(28)23-16-4-2-3-15(21)9-16/h2-9,12H,10-11H2,1H3,(H,23,28). The van der Waals surface area contributed by atoms with Crippen molar-refractivity contribution >= 4 is 22.8 Å². The number of carbonyl (C=O) groups is 1. The second-order valence-corrected chi connectivity index (χ2v) is 6.64. The first-order chi connectivity index (χ1) is 14.0. The summed E-state index contributed by atoms with van der Waals surface area (Å²) in [5, 5.41) is 10.5. The molecule has 0 atom stereocenters. The van der Waals surface area contributed by atoms with Crippen LogP contribution in [0, 0.1) is 12.7 Å². The lowest BCUT2D eigenvalue weighted by molar-refractivity contribution is -0.116. The number of amides is 1. The van der Waals surface area contributed by atoms with E-state index in [1.165, 1.54) is 24.5 Å². The van der Waals surface area contributed by atoms with Crippen LogP contribution in [-0.4, -0.2) is 30.5 Å². The van der Waals surface area contributed by atoms with Crippen molar-refractivity contribution in [3.63, 3.8) is 0 Å². The van der Waals surface area contributed by atoms with E-state index in [0.29, 0.717) is 17.9 Å². The SMILES string of the molecule is Cc1ccc(Cn2nnc3c(=O)n(CC(=O)Nc4cccc(F)c4)cnc32)cc1. The number of hydrogen-bond donors (Lipinski definition) is 1. The molecule has 1 N–H and O–H groups in total. The Morgan fingerprint density at radius 3 is 2.72 bits per heavy atom. The summed E-state index contributed by atoms with van der Waals surface area (Å²) in [6.07, 6.45) is 1.28. The summed E-state index contributed by atoms with van der Waals surface area (Å²) < 4.78 is 15.9. The van der Waals surface area contributed by atoms with E-state index >= 15 is 0 Å². The predicted molar refractivity (Wildman–Crippen MR) is 105 cm³/mol. The molecule has 2 heterocycles. The molecule has 4 rings (SSSR count). The molecule has 2 aromatic heterocycles. The average Bonchev–Trinajstić information content (AvgIpc) is 3.09. The van der Waals surface area contributed by atoms with E-state index in [0.717, 1.165) is 15.7 Å². The van der Waals surface area contributed by atoms with Gasteiger partial charge in [-0.3, -0.25) is 14.2 Å². The summed E-state index contributed by atoms with van der Waals surface area (Å²) >= 11 is 0. The van der Waals surface area contributed by atoms with Crippen LogP contribution < -0.4 is 10.9 Å². The molecule has 0 spiro atoms. The molecule has 0 aliphatic carbocycles. The summed E-state index contributed by atoms with van der Waals surface area (Å²) in [6.45, 7) is 2.15. The Balaban J connectivity index is 1.54. The second kappa shape index (κ2) is 7.63. The zero-order chi connectivity index (χ0) is 20.4. The first-order valence-electron chi connectivity index (χ1n) is 8.89. The number of carbonyl (C=O) groups excluding carboxylic acids is 1. The Morgan fingerprint density at radius 1 is 1.17 bits per heavy atom. The number of aromatic nitrogens is 5. The highest BCUT2D eigenvalue weighted by Gasteiger charge is 2.14. The summed E-state index contributed by atoms with van der Waals surface area (Å²) in [5.41, 5.74) is 2.41. The van der Waals surface area contributed by atoms with E-state index in [1.54, 1.807) is 10.7 Å². The molecule has 2 aromatic carbocycles. The van der Waals surface area contributed by atoms with Crippen molar-refractivity contribution < 1.29 is 9.18 Å². The van der Waals surface area contributed by atoms with Crippen molar-refractivity contribution in [3.05, 3.63) is 82.2 Å². The molecule has 1 amide bonds. The van der Waals surface area contributed by atoms with Gasteiger partial charge in [0.05, 0.1) is 6.54 Å². The number of halogens is 1. The number of rotatable bonds is 5. The highest BCUT2D eigenvalue weighted by molar-refractivity contribution is 5.90. The Hall–Kier alpha value is -3.88. The van der Waals surface area contributed by atoms with Gasteiger partial charge in [-0.25, -0.2) is 14.1 Å². The van der Waals surface area contributed by atoms with E-state index in [9.17, 15) is 14.0 Å². The van der Waals surface area contributed by atoms with Gasteiger partial charge in [-0.1, -0.05) is 41.1 Å². The van der Waals surface area contributed by atoms with Gasteiger partial charge in [0.15, 0.2) is 11.2 Å². The van der Waals surface area contributed by atoms with Gasteiger partial charge in [-0.15, -0.1) is 5.10 Å². The van der Waals surface area contributed by atoms with Gasteiger partial charge in [0.2, 0.25) is 5.91 Å². The number of aryl methyl sites for hydroxylation is 1. The van der Waals surface area contributed by atoms with Gasteiger partial charge < -0.3 is 5.32 Å². The third kappa shape index (κ3) is 4.03. The molecular weight excluding hydrogens is 375 g/mol. The molecule has 0 aliphatic rings. The summed E-state index contributed by atoms with van der Waals surface area (Å²) in [7, 11) is 0. The molecule has 0 bridgehead atoms. The molecule has 29 heavy (non-hydrogen) atoms. The van der Waals surface area contributed by atoms with E-state index in [1.807, 2.05) is 31.2 Å². The molecule has 0 fully saturated rings. The highest BCUT2D eigenvalue weighted by Crippen LogP contribution is 2.10. The lowest BCUT2D eigenvalue weighted by atomic mass is 10.1. The zero-order valence-electron chi connectivity index (χ0n) is 15.5. The number of anilines is 1. The van der Waals surface area contributed by atoms with Gasteiger partial charge in [0, 0.05) is 5.69 Å². The maximum atomic E-state index is 13.2. The van der Waals surface area contributed by atoms with Gasteiger partial charge in [0.25, 0.3) is 5.56 Å². The fourth-order valence-electron chi connectivity index (χ4n) is 2.89. The lowest BCUT2D eigenvalue weighted by Crippen LogP contribution is -2.28. The van der Waals surface area contributed by atoms with Crippen LogP contribution in [0.4, 0.5) is 10.1 Å². The lowest BCUT2D eigenvalue weighted by Gasteiger charge is -2.07. The molecule has 0 saturated carbocycles.